The van der Waals surface area contributed by atoms with Crippen LogP contribution in [0.5, 0.6) is 0 Å². The van der Waals surface area contributed by atoms with Crippen molar-refractivity contribution < 1.29 is 18.7 Å². The second-order valence-electron chi connectivity index (χ2n) is 8.88. The SMILES string of the molecule is CCOCCOCCn1cc2cc(Nc3nc(N[C@@H]4CCCC[C@@H]4N)c(F)cc3C(N)=O)ccc2n1. The maximum atomic E-state index is 14.8. The minimum absolute atomic E-state index is 0.0361. The Morgan fingerprint density at radius 1 is 1.17 bits per heavy atom. The van der Waals surface area contributed by atoms with Gasteiger partial charge in [0, 0.05) is 36.0 Å². The summed E-state index contributed by atoms with van der Waals surface area (Å²) in [5.41, 5.74) is 13.2. The molecule has 3 aromatic rings. The number of nitrogens with one attached hydrogen (secondary N) is 2. The fourth-order valence-corrected chi connectivity index (χ4v) is 4.32. The highest BCUT2D eigenvalue weighted by Gasteiger charge is 2.24. The largest absolute Gasteiger partial charge is 0.379 e. The third-order valence-corrected chi connectivity index (χ3v) is 6.24. The Kier molecular flexibility index (Phi) is 8.68. The number of hydrogen-bond acceptors (Lipinski definition) is 8. The van der Waals surface area contributed by atoms with Gasteiger partial charge in [0.25, 0.3) is 5.91 Å². The third kappa shape index (κ3) is 6.48. The van der Waals surface area contributed by atoms with Crippen LogP contribution in [0, 0.1) is 5.82 Å². The summed E-state index contributed by atoms with van der Waals surface area (Å²) in [6.45, 7) is 4.86. The Labute approximate surface area is 209 Å². The van der Waals surface area contributed by atoms with Crippen molar-refractivity contribution in [3.63, 3.8) is 0 Å². The van der Waals surface area contributed by atoms with Gasteiger partial charge in [-0.25, -0.2) is 9.37 Å². The first-order chi connectivity index (χ1) is 17.4. The Bertz CT molecular complexity index is 1190. The zero-order chi connectivity index (χ0) is 25.5. The van der Waals surface area contributed by atoms with Crippen molar-refractivity contribution in [3.8, 4) is 0 Å². The number of primary amides is 1. The smallest absolute Gasteiger partial charge is 0.252 e. The van der Waals surface area contributed by atoms with Crippen LogP contribution in [-0.2, 0) is 16.0 Å². The zero-order valence-electron chi connectivity index (χ0n) is 20.5. The molecule has 1 amide bonds. The number of ether oxygens (including phenoxy) is 2. The molecule has 6 N–H and O–H groups in total. The van der Waals surface area contributed by atoms with Crippen LogP contribution in [0.15, 0.2) is 30.5 Å². The van der Waals surface area contributed by atoms with Crippen molar-refractivity contribution in [3.05, 3.63) is 41.8 Å². The van der Waals surface area contributed by atoms with Gasteiger partial charge in [-0.05, 0) is 44.0 Å². The molecule has 11 heteroatoms. The van der Waals surface area contributed by atoms with Crippen LogP contribution >= 0.6 is 0 Å². The van der Waals surface area contributed by atoms with Crippen LogP contribution in [0.25, 0.3) is 10.9 Å². The van der Waals surface area contributed by atoms with Gasteiger partial charge >= 0.3 is 0 Å². The zero-order valence-corrected chi connectivity index (χ0v) is 20.5. The molecule has 0 spiro atoms. The van der Waals surface area contributed by atoms with E-state index in [2.05, 4.69) is 20.7 Å². The molecule has 2 atom stereocenters. The third-order valence-electron chi connectivity index (χ3n) is 6.24. The highest BCUT2D eigenvalue weighted by atomic mass is 19.1. The molecule has 4 rings (SSSR count). The van der Waals surface area contributed by atoms with Gasteiger partial charge in [-0.3, -0.25) is 9.48 Å². The second-order valence-corrected chi connectivity index (χ2v) is 8.88. The molecule has 2 aromatic heterocycles. The second kappa shape index (κ2) is 12.1. The van der Waals surface area contributed by atoms with E-state index in [0.29, 0.717) is 38.7 Å². The molecule has 1 aliphatic carbocycles. The Morgan fingerprint density at radius 2 is 1.97 bits per heavy atom. The molecular weight excluding hydrogens is 465 g/mol. The number of aromatic nitrogens is 3. The van der Waals surface area contributed by atoms with E-state index in [1.807, 2.05) is 36.0 Å². The number of nitrogens with two attached hydrogens (primary N) is 2. The normalized spacial score (nSPS) is 17.9. The van der Waals surface area contributed by atoms with Crippen molar-refractivity contribution in [1.29, 1.82) is 0 Å². The molecule has 1 fully saturated rings. The first-order valence-electron chi connectivity index (χ1n) is 12.4. The van der Waals surface area contributed by atoms with E-state index in [-0.39, 0.29) is 29.3 Å². The molecular formula is C25H34FN7O3. The molecule has 10 nitrogen and oxygen atoms in total. The van der Waals surface area contributed by atoms with E-state index in [1.165, 1.54) is 0 Å². The lowest BCUT2D eigenvalue weighted by molar-refractivity contribution is 0.0488. The summed E-state index contributed by atoms with van der Waals surface area (Å²) in [5, 5.41) is 11.7. The number of halogens is 1. The number of rotatable bonds is 12. The Morgan fingerprint density at radius 3 is 2.75 bits per heavy atom. The maximum Gasteiger partial charge on any atom is 0.252 e. The molecule has 0 unspecified atom stereocenters. The maximum absolute atomic E-state index is 14.8. The summed E-state index contributed by atoms with van der Waals surface area (Å²) in [6, 6.07) is 6.50. The van der Waals surface area contributed by atoms with Gasteiger partial charge in [0.1, 0.15) is 5.82 Å². The monoisotopic (exact) mass is 499 g/mol. The average molecular weight is 500 g/mol. The van der Waals surface area contributed by atoms with Crippen LogP contribution in [0.3, 0.4) is 0 Å². The van der Waals surface area contributed by atoms with Crippen molar-refractivity contribution in [1.82, 2.24) is 14.8 Å². The highest BCUT2D eigenvalue weighted by molar-refractivity contribution is 5.99. The Hall–Kier alpha value is -3.28. The lowest BCUT2D eigenvalue weighted by atomic mass is 9.91. The van der Waals surface area contributed by atoms with Gasteiger partial charge < -0.3 is 31.6 Å². The standard InChI is InChI=1S/C25H34FN7O3/c1-2-35-11-12-36-10-9-33-15-16-13-17(7-8-21(16)32-33)29-24-18(23(28)34)14-19(26)25(31-24)30-22-6-4-3-5-20(22)27/h7-8,13-15,20,22H,2-6,9-12,27H2,1H3,(H2,28,34)(H2,29,30,31)/t20-,22+/m0/s1. The van der Waals surface area contributed by atoms with Gasteiger partial charge in [-0.2, -0.15) is 5.10 Å². The fourth-order valence-electron chi connectivity index (χ4n) is 4.32. The molecule has 1 saturated carbocycles. The van der Waals surface area contributed by atoms with Gasteiger partial charge in [-0.15, -0.1) is 0 Å². The van der Waals surface area contributed by atoms with E-state index >= 15 is 0 Å². The van der Waals surface area contributed by atoms with E-state index < -0.39 is 11.7 Å². The molecule has 2 heterocycles. The predicted molar refractivity (Wildman–Crippen MR) is 137 cm³/mol. The van der Waals surface area contributed by atoms with Crippen LogP contribution in [0.4, 0.5) is 21.7 Å². The van der Waals surface area contributed by atoms with E-state index in [9.17, 15) is 9.18 Å². The van der Waals surface area contributed by atoms with Crippen molar-refractivity contribution in [2.75, 3.05) is 37.1 Å². The van der Waals surface area contributed by atoms with Crippen molar-refractivity contribution in [2.45, 2.75) is 51.2 Å². The molecule has 1 aromatic carbocycles. The number of carbonyl (C=O) groups excluding carboxylic acids is 1. The van der Waals surface area contributed by atoms with Crippen LogP contribution in [0.1, 0.15) is 43.0 Å². The number of nitrogens with zero attached hydrogens (tertiary/aromatic N) is 3. The minimum atomic E-state index is -0.775. The van der Waals surface area contributed by atoms with Gasteiger partial charge in [-0.1, -0.05) is 12.8 Å². The number of fused-ring (bicyclic) bond motifs is 1. The van der Waals surface area contributed by atoms with Gasteiger partial charge in [0.15, 0.2) is 11.6 Å². The number of benzene rings is 1. The van der Waals surface area contributed by atoms with Gasteiger partial charge in [0.2, 0.25) is 0 Å². The quantitative estimate of drug-likeness (QED) is 0.278. The molecule has 0 radical (unpaired) electrons. The van der Waals surface area contributed by atoms with Crippen LogP contribution in [0.2, 0.25) is 0 Å². The number of pyridine rings is 1. The van der Waals surface area contributed by atoms with E-state index in [4.69, 9.17) is 20.9 Å². The summed E-state index contributed by atoms with van der Waals surface area (Å²) in [7, 11) is 0. The number of hydrogen-bond donors (Lipinski definition) is 4. The van der Waals surface area contributed by atoms with Crippen molar-refractivity contribution >= 4 is 34.1 Å². The van der Waals surface area contributed by atoms with Crippen molar-refractivity contribution in [2.24, 2.45) is 11.5 Å². The highest BCUT2D eigenvalue weighted by Crippen LogP contribution is 2.28. The summed E-state index contributed by atoms with van der Waals surface area (Å²) in [5.74, 6) is -1.20. The average Bonchev–Trinajstić information content (AvgIpc) is 3.26. The first-order valence-corrected chi connectivity index (χ1v) is 12.4. The van der Waals surface area contributed by atoms with Gasteiger partial charge in [0.05, 0.1) is 37.4 Å². The minimum Gasteiger partial charge on any atom is -0.379 e. The molecule has 1 aliphatic rings. The predicted octanol–water partition coefficient (Wildman–Crippen LogP) is 3.15. The summed E-state index contributed by atoms with van der Waals surface area (Å²) in [6.07, 6.45) is 5.70. The van der Waals surface area contributed by atoms with Crippen LogP contribution in [-0.4, -0.2) is 59.2 Å². The summed E-state index contributed by atoms with van der Waals surface area (Å²) >= 11 is 0. The molecule has 0 bridgehead atoms. The van der Waals surface area contributed by atoms with Crippen LogP contribution < -0.4 is 22.1 Å². The Balaban J connectivity index is 1.49. The lowest BCUT2D eigenvalue weighted by Gasteiger charge is -2.30. The fraction of sp³-hybridized carbons (Fsp3) is 0.480. The molecule has 36 heavy (non-hydrogen) atoms. The molecule has 194 valence electrons. The number of carbonyl (C=O) groups is 1. The van der Waals surface area contributed by atoms with E-state index in [0.717, 1.165) is 42.7 Å². The summed E-state index contributed by atoms with van der Waals surface area (Å²) in [4.78, 5) is 16.4. The number of amides is 1. The van der Waals surface area contributed by atoms with E-state index in [1.54, 1.807) is 0 Å². The topological polar surface area (TPSA) is 142 Å². The first kappa shape index (κ1) is 25.8. The molecule has 0 saturated heterocycles. The lowest BCUT2D eigenvalue weighted by Crippen LogP contribution is -2.43. The summed E-state index contributed by atoms with van der Waals surface area (Å²) < 4.78 is 27.4. The number of anilines is 3. The molecule has 0 aliphatic heterocycles.